The van der Waals surface area contributed by atoms with Crippen LogP contribution in [0.15, 0.2) is 12.1 Å². The van der Waals surface area contributed by atoms with Crippen LogP contribution in [0.1, 0.15) is 16.8 Å². The highest BCUT2D eigenvalue weighted by Crippen LogP contribution is 2.31. The molecule has 1 rings (SSSR count). The molecule has 16 heavy (non-hydrogen) atoms. The summed E-state index contributed by atoms with van der Waals surface area (Å²) in [5.41, 5.74) is 5.18. The molecule has 6 heteroatoms. The zero-order valence-corrected chi connectivity index (χ0v) is 9.72. The average Bonchev–Trinajstić information content (AvgIpc) is 2.20. The minimum Gasteiger partial charge on any atom is -0.491 e. The quantitative estimate of drug-likeness (QED) is 0.825. The van der Waals surface area contributed by atoms with Crippen LogP contribution < -0.4 is 10.5 Å². The molecular weight excluding hydrogens is 253 g/mol. The van der Waals surface area contributed by atoms with Gasteiger partial charge in [-0.1, -0.05) is 23.2 Å². The van der Waals surface area contributed by atoms with E-state index in [0.29, 0.717) is 11.3 Å². The van der Waals surface area contributed by atoms with E-state index in [-0.39, 0.29) is 29.4 Å². The summed E-state index contributed by atoms with van der Waals surface area (Å²) in [6, 6.07) is 2.88. The van der Waals surface area contributed by atoms with Crippen molar-refractivity contribution in [2.45, 2.75) is 6.42 Å². The molecule has 2 N–H and O–H groups in total. The molecule has 0 saturated carbocycles. The second-order valence-corrected chi connectivity index (χ2v) is 3.83. The third-order valence-electron chi connectivity index (χ3n) is 1.76. The van der Waals surface area contributed by atoms with Crippen LogP contribution in [0, 0.1) is 0 Å². The summed E-state index contributed by atoms with van der Waals surface area (Å²) in [6.45, 7) is 0.0670. The van der Waals surface area contributed by atoms with Crippen LogP contribution in [-0.2, 0) is 4.79 Å². The number of carbonyl (C=O) groups excluding carboxylic acids is 2. The Bertz CT molecular complexity index is 421. The van der Waals surface area contributed by atoms with Gasteiger partial charge < -0.3 is 10.5 Å². The van der Waals surface area contributed by atoms with Crippen LogP contribution in [0.5, 0.6) is 5.75 Å². The number of amides is 1. The van der Waals surface area contributed by atoms with E-state index in [1.165, 1.54) is 12.1 Å². The molecular formula is C10H9Cl2NO3. The molecule has 0 aliphatic heterocycles. The minimum absolute atomic E-state index is 0.0528. The fourth-order valence-electron chi connectivity index (χ4n) is 1.07. The van der Waals surface area contributed by atoms with Crippen LogP contribution in [0.25, 0.3) is 0 Å². The lowest BCUT2D eigenvalue weighted by atomic mass is 10.2. The molecule has 4 nitrogen and oxygen atoms in total. The summed E-state index contributed by atoms with van der Waals surface area (Å²) in [5.74, 6) is -0.278. The summed E-state index contributed by atoms with van der Waals surface area (Å²) in [4.78, 5) is 21.2. The zero-order chi connectivity index (χ0) is 12.1. The molecule has 86 valence electrons. The number of ether oxygens (including phenoxy) is 1. The summed E-state index contributed by atoms with van der Waals surface area (Å²) < 4.78 is 5.20. The molecule has 0 aliphatic rings. The molecule has 0 spiro atoms. The van der Waals surface area contributed by atoms with Crippen LogP contribution in [0.4, 0.5) is 0 Å². The lowest BCUT2D eigenvalue weighted by Gasteiger charge is -2.09. The summed E-state index contributed by atoms with van der Waals surface area (Å²) in [6.07, 6.45) is 0.634. The number of hydrogen-bond donors (Lipinski definition) is 1. The maximum atomic E-state index is 10.7. The van der Waals surface area contributed by atoms with Gasteiger partial charge in [0.1, 0.15) is 5.75 Å². The SMILES string of the molecule is NC(=O)CCOc1c(Cl)cc(Cl)cc1C=O. The third-order valence-corrected chi connectivity index (χ3v) is 2.26. The fourth-order valence-corrected chi connectivity index (χ4v) is 1.64. The van der Waals surface area contributed by atoms with Crippen molar-refractivity contribution in [3.63, 3.8) is 0 Å². The Morgan fingerprint density at radius 1 is 1.44 bits per heavy atom. The number of primary amides is 1. The van der Waals surface area contributed by atoms with Crippen molar-refractivity contribution in [3.8, 4) is 5.75 Å². The molecule has 0 fully saturated rings. The van der Waals surface area contributed by atoms with Gasteiger partial charge in [0.25, 0.3) is 0 Å². The summed E-state index contributed by atoms with van der Waals surface area (Å²) >= 11 is 11.6. The lowest BCUT2D eigenvalue weighted by molar-refractivity contribution is -0.118. The predicted molar refractivity (Wildman–Crippen MR) is 61.2 cm³/mol. The molecule has 0 radical (unpaired) electrons. The first kappa shape index (κ1) is 12.8. The van der Waals surface area contributed by atoms with Crippen LogP contribution in [-0.4, -0.2) is 18.8 Å². The number of aldehydes is 1. The third kappa shape index (κ3) is 3.40. The van der Waals surface area contributed by atoms with Crippen molar-refractivity contribution in [2.75, 3.05) is 6.61 Å². The van der Waals surface area contributed by atoms with Crippen molar-refractivity contribution < 1.29 is 14.3 Å². The van der Waals surface area contributed by atoms with Gasteiger partial charge in [0, 0.05) is 5.02 Å². The highest BCUT2D eigenvalue weighted by molar-refractivity contribution is 6.36. The van der Waals surface area contributed by atoms with E-state index in [1.807, 2.05) is 0 Å². The van der Waals surface area contributed by atoms with E-state index in [0.717, 1.165) is 0 Å². The second-order valence-electron chi connectivity index (χ2n) is 2.99. The topological polar surface area (TPSA) is 69.4 Å². The summed E-state index contributed by atoms with van der Waals surface area (Å²) in [5, 5.41) is 0.563. The Kier molecular flexibility index (Phi) is 4.58. The van der Waals surface area contributed by atoms with Gasteiger partial charge in [-0.25, -0.2) is 0 Å². The normalized spacial score (nSPS) is 9.88. The lowest BCUT2D eigenvalue weighted by Crippen LogP contribution is -2.15. The van der Waals surface area contributed by atoms with Gasteiger partial charge >= 0.3 is 0 Å². The van der Waals surface area contributed by atoms with E-state index >= 15 is 0 Å². The van der Waals surface area contributed by atoms with Crippen molar-refractivity contribution >= 4 is 35.4 Å². The molecule has 0 unspecified atom stereocenters. The van der Waals surface area contributed by atoms with Crippen molar-refractivity contribution in [1.82, 2.24) is 0 Å². The van der Waals surface area contributed by atoms with Crippen LogP contribution in [0.3, 0.4) is 0 Å². The van der Waals surface area contributed by atoms with Gasteiger partial charge in [0.2, 0.25) is 5.91 Å². The molecule has 1 aromatic carbocycles. The number of halogens is 2. The number of hydrogen-bond acceptors (Lipinski definition) is 3. The standard InChI is InChI=1S/C10H9Cl2NO3/c11-7-3-6(5-14)10(8(12)4-7)16-2-1-9(13)15/h3-5H,1-2H2,(H2,13,15). The minimum atomic E-state index is -0.488. The first-order valence-electron chi connectivity index (χ1n) is 4.40. The fraction of sp³-hybridized carbons (Fsp3) is 0.200. The smallest absolute Gasteiger partial charge is 0.220 e. The first-order valence-corrected chi connectivity index (χ1v) is 5.15. The number of rotatable bonds is 5. The van der Waals surface area contributed by atoms with Crippen LogP contribution in [0.2, 0.25) is 10.0 Å². The van der Waals surface area contributed by atoms with Crippen molar-refractivity contribution in [3.05, 3.63) is 27.7 Å². The first-order chi connectivity index (χ1) is 7.54. The number of nitrogens with two attached hydrogens (primary N) is 1. The Balaban J connectivity index is 2.85. The van der Waals surface area contributed by atoms with Gasteiger partial charge in [-0.3, -0.25) is 9.59 Å². The highest BCUT2D eigenvalue weighted by Gasteiger charge is 2.10. The van der Waals surface area contributed by atoms with E-state index in [4.69, 9.17) is 33.7 Å². The monoisotopic (exact) mass is 261 g/mol. The molecule has 0 saturated heterocycles. The van der Waals surface area contributed by atoms with E-state index < -0.39 is 5.91 Å². The molecule has 0 atom stereocenters. The van der Waals surface area contributed by atoms with Gasteiger partial charge in [-0.05, 0) is 12.1 Å². The highest BCUT2D eigenvalue weighted by atomic mass is 35.5. The maximum Gasteiger partial charge on any atom is 0.220 e. The Morgan fingerprint density at radius 3 is 2.69 bits per heavy atom. The molecule has 0 bridgehead atoms. The van der Waals surface area contributed by atoms with Crippen molar-refractivity contribution in [1.29, 1.82) is 0 Å². The molecule has 0 aromatic heterocycles. The van der Waals surface area contributed by atoms with Gasteiger partial charge in [-0.2, -0.15) is 0 Å². The Morgan fingerprint density at radius 2 is 2.12 bits per heavy atom. The van der Waals surface area contributed by atoms with Crippen LogP contribution >= 0.6 is 23.2 Å². The van der Waals surface area contributed by atoms with Gasteiger partial charge in [0.15, 0.2) is 6.29 Å². The number of benzene rings is 1. The van der Waals surface area contributed by atoms with Crippen molar-refractivity contribution in [2.24, 2.45) is 5.73 Å². The molecule has 0 heterocycles. The zero-order valence-electron chi connectivity index (χ0n) is 8.20. The number of carbonyl (C=O) groups is 2. The second kappa shape index (κ2) is 5.72. The molecule has 1 aromatic rings. The molecule has 0 aliphatic carbocycles. The van der Waals surface area contributed by atoms with Gasteiger partial charge in [0.05, 0.1) is 23.6 Å². The average molecular weight is 262 g/mol. The summed E-state index contributed by atoms with van der Waals surface area (Å²) in [7, 11) is 0. The Hall–Kier alpha value is -1.26. The largest absolute Gasteiger partial charge is 0.491 e. The Labute approximate surface area is 102 Å². The predicted octanol–water partition coefficient (Wildman–Crippen LogP) is 2.06. The maximum absolute atomic E-state index is 10.7. The molecule has 1 amide bonds. The van der Waals surface area contributed by atoms with E-state index in [1.54, 1.807) is 0 Å². The van der Waals surface area contributed by atoms with Gasteiger partial charge in [-0.15, -0.1) is 0 Å². The van der Waals surface area contributed by atoms with E-state index in [9.17, 15) is 9.59 Å². The van der Waals surface area contributed by atoms with E-state index in [2.05, 4.69) is 0 Å².